The summed E-state index contributed by atoms with van der Waals surface area (Å²) in [5.74, 6) is -0.701. The van der Waals surface area contributed by atoms with Gasteiger partial charge in [-0.1, -0.05) is 5.16 Å². The fraction of sp³-hybridized carbons (Fsp3) is 0.200. The number of benzene rings is 1. The van der Waals surface area contributed by atoms with Gasteiger partial charge in [-0.3, -0.25) is 0 Å². The minimum absolute atomic E-state index is 0.0449. The van der Waals surface area contributed by atoms with Gasteiger partial charge in [0, 0.05) is 18.6 Å². The molecular formula is C10H11NO4. The molecular weight excluding hydrogens is 198 g/mol. The maximum absolute atomic E-state index is 10.5. The van der Waals surface area contributed by atoms with Crippen LogP contribution in [0.15, 0.2) is 23.4 Å². The zero-order valence-corrected chi connectivity index (χ0v) is 8.39. The molecule has 0 radical (unpaired) electrons. The predicted molar refractivity (Wildman–Crippen MR) is 53.7 cm³/mol. The molecule has 2 N–H and O–H groups in total. The molecule has 0 amide bonds. The molecule has 0 bridgehead atoms. The van der Waals surface area contributed by atoms with Crippen LogP contribution in [-0.4, -0.2) is 21.9 Å². The van der Waals surface area contributed by atoms with Crippen molar-refractivity contribution in [2.24, 2.45) is 5.16 Å². The van der Waals surface area contributed by atoms with Crippen LogP contribution in [0.1, 0.15) is 19.4 Å². The molecule has 1 aromatic carbocycles. The summed E-state index contributed by atoms with van der Waals surface area (Å²) in [5.41, 5.74) is 0.747. The second-order valence-electron chi connectivity index (χ2n) is 2.96. The zero-order valence-electron chi connectivity index (χ0n) is 8.39. The molecule has 0 aliphatic rings. The predicted octanol–water partition coefficient (Wildman–Crippen LogP) is 1.38. The summed E-state index contributed by atoms with van der Waals surface area (Å²) in [7, 11) is 0. The molecule has 15 heavy (non-hydrogen) atoms. The lowest BCUT2D eigenvalue weighted by Crippen LogP contribution is -1.99. The van der Waals surface area contributed by atoms with Gasteiger partial charge in [-0.15, -0.1) is 0 Å². The smallest absolute Gasteiger partial charge is 0.331 e. The van der Waals surface area contributed by atoms with Crippen LogP contribution < -0.4 is 0 Å². The van der Waals surface area contributed by atoms with E-state index in [2.05, 4.69) is 9.99 Å². The number of hydrogen-bond acceptors (Lipinski definition) is 5. The first kappa shape index (κ1) is 11.0. The summed E-state index contributed by atoms with van der Waals surface area (Å²) in [5, 5.41) is 22.0. The van der Waals surface area contributed by atoms with Gasteiger partial charge >= 0.3 is 5.97 Å². The van der Waals surface area contributed by atoms with E-state index in [9.17, 15) is 9.90 Å². The van der Waals surface area contributed by atoms with Gasteiger partial charge in [-0.05, 0) is 19.1 Å². The molecule has 0 heterocycles. The van der Waals surface area contributed by atoms with E-state index in [1.165, 1.54) is 25.1 Å². The van der Waals surface area contributed by atoms with Crippen molar-refractivity contribution < 1.29 is 19.8 Å². The van der Waals surface area contributed by atoms with Gasteiger partial charge in [0.05, 0.1) is 5.71 Å². The molecule has 5 heteroatoms. The van der Waals surface area contributed by atoms with Gasteiger partial charge in [-0.25, -0.2) is 4.79 Å². The summed E-state index contributed by atoms with van der Waals surface area (Å²) < 4.78 is 0. The van der Waals surface area contributed by atoms with Gasteiger partial charge in [0.1, 0.15) is 11.5 Å². The third kappa shape index (κ3) is 2.98. The van der Waals surface area contributed by atoms with E-state index in [1.807, 2.05) is 0 Å². The second-order valence-corrected chi connectivity index (χ2v) is 2.96. The molecule has 0 unspecified atom stereocenters. The van der Waals surface area contributed by atoms with E-state index >= 15 is 0 Å². The van der Waals surface area contributed by atoms with E-state index in [0.29, 0.717) is 11.3 Å². The average molecular weight is 209 g/mol. The molecule has 0 saturated heterocycles. The molecule has 5 nitrogen and oxygen atoms in total. The van der Waals surface area contributed by atoms with Crippen molar-refractivity contribution in [1.29, 1.82) is 0 Å². The van der Waals surface area contributed by atoms with Gasteiger partial charge in [-0.2, -0.15) is 0 Å². The number of aromatic hydroxyl groups is 2. The Morgan fingerprint density at radius 2 is 2.00 bits per heavy atom. The Labute approximate surface area is 86.6 Å². The van der Waals surface area contributed by atoms with E-state index in [1.54, 1.807) is 6.92 Å². The van der Waals surface area contributed by atoms with Gasteiger partial charge < -0.3 is 15.1 Å². The lowest BCUT2D eigenvalue weighted by atomic mass is 10.1. The van der Waals surface area contributed by atoms with Crippen molar-refractivity contribution in [3.8, 4) is 11.5 Å². The summed E-state index contributed by atoms with van der Waals surface area (Å²) in [6, 6.07) is 4.07. The lowest BCUT2D eigenvalue weighted by Gasteiger charge is -2.03. The third-order valence-corrected chi connectivity index (χ3v) is 1.68. The number of nitrogens with zero attached hydrogens (tertiary/aromatic N) is 1. The Hall–Kier alpha value is -2.04. The van der Waals surface area contributed by atoms with Gasteiger partial charge in [0.25, 0.3) is 0 Å². The molecule has 0 spiro atoms. The standard InChI is InChI=1S/C10H11NO4/c1-6(11-15-7(2)12)9-4-3-8(13)5-10(9)14/h3-5,13-14H,1-2H3. The Bertz CT molecular complexity index is 412. The van der Waals surface area contributed by atoms with Crippen molar-refractivity contribution in [2.75, 3.05) is 0 Å². The number of phenolic OH excluding ortho intramolecular Hbond substituents is 2. The first-order valence-corrected chi connectivity index (χ1v) is 4.25. The average Bonchev–Trinajstić information content (AvgIpc) is 2.14. The number of oxime groups is 1. The molecule has 0 saturated carbocycles. The minimum Gasteiger partial charge on any atom is -0.508 e. The van der Waals surface area contributed by atoms with Crippen molar-refractivity contribution in [3.05, 3.63) is 23.8 Å². The van der Waals surface area contributed by atoms with E-state index in [4.69, 9.17) is 5.11 Å². The highest BCUT2D eigenvalue weighted by atomic mass is 16.7. The molecule has 1 rings (SSSR count). The zero-order chi connectivity index (χ0) is 11.4. The van der Waals surface area contributed by atoms with Crippen molar-refractivity contribution in [2.45, 2.75) is 13.8 Å². The van der Waals surface area contributed by atoms with E-state index in [0.717, 1.165) is 0 Å². The van der Waals surface area contributed by atoms with Crippen LogP contribution in [0.2, 0.25) is 0 Å². The fourth-order valence-corrected chi connectivity index (χ4v) is 1.01. The van der Waals surface area contributed by atoms with Crippen LogP contribution in [0.4, 0.5) is 0 Å². The minimum atomic E-state index is -0.535. The highest BCUT2D eigenvalue weighted by Gasteiger charge is 2.06. The van der Waals surface area contributed by atoms with Gasteiger partial charge in [0.15, 0.2) is 0 Å². The molecule has 0 fully saturated rings. The molecule has 0 aliphatic heterocycles. The molecule has 0 atom stereocenters. The number of rotatable bonds is 2. The van der Waals surface area contributed by atoms with E-state index in [-0.39, 0.29) is 11.5 Å². The highest BCUT2D eigenvalue weighted by molar-refractivity contribution is 6.01. The van der Waals surface area contributed by atoms with Crippen LogP contribution in [-0.2, 0) is 9.63 Å². The lowest BCUT2D eigenvalue weighted by molar-refractivity contribution is -0.140. The number of hydrogen-bond donors (Lipinski definition) is 2. The Morgan fingerprint density at radius 3 is 2.53 bits per heavy atom. The van der Waals surface area contributed by atoms with E-state index < -0.39 is 5.97 Å². The van der Waals surface area contributed by atoms with Crippen LogP contribution in [0.5, 0.6) is 11.5 Å². The van der Waals surface area contributed by atoms with Gasteiger partial charge in [0.2, 0.25) is 0 Å². The normalized spacial score (nSPS) is 11.2. The monoisotopic (exact) mass is 209 g/mol. The summed E-state index contributed by atoms with van der Waals surface area (Å²) in [6.45, 7) is 2.81. The Balaban J connectivity index is 2.95. The SMILES string of the molecule is CC(=O)ON=C(C)c1ccc(O)cc1O. The largest absolute Gasteiger partial charge is 0.508 e. The summed E-state index contributed by atoms with van der Waals surface area (Å²) in [6.07, 6.45) is 0. The van der Waals surface area contributed by atoms with Crippen LogP contribution >= 0.6 is 0 Å². The Morgan fingerprint density at radius 1 is 1.33 bits per heavy atom. The number of carbonyl (C=O) groups excluding carboxylic acids is 1. The third-order valence-electron chi connectivity index (χ3n) is 1.68. The quantitative estimate of drug-likeness (QED) is 0.438. The first-order chi connectivity index (χ1) is 7.00. The maximum atomic E-state index is 10.5. The topological polar surface area (TPSA) is 79.1 Å². The van der Waals surface area contributed by atoms with Crippen molar-refractivity contribution >= 4 is 11.7 Å². The van der Waals surface area contributed by atoms with Crippen LogP contribution in [0.3, 0.4) is 0 Å². The highest BCUT2D eigenvalue weighted by Crippen LogP contribution is 2.23. The van der Waals surface area contributed by atoms with Crippen LogP contribution in [0.25, 0.3) is 0 Å². The summed E-state index contributed by atoms with van der Waals surface area (Å²) in [4.78, 5) is 14.9. The molecule has 1 aromatic rings. The maximum Gasteiger partial charge on any atom is 0.331 e. The second kappa shape index (κ2) is 4.45. The molecule has 80 valence electrons. The Kier molecular flexibility index (Phi) is 3.28. The molecule has 0 aromatic heterocycles. The van der Waals surface area contributed by atoms with Crippen LogP contribution in [0, 0.1) is 0 Å². The van der Waals surface area contributed by atoms with Crippen molar-refractivity contribution in [1.82, 2.24) is 0 Å². The summed E-state index contributed by atoms with van der Waals surface area (Å²) >= 11 is 0. The first-order valence-electron chi connectivity index (χ1n) is 4.25. The number of carbonyl (C=O) groups is 1. The van der Waals surface area contributed by atoms with Crippen molar-refractivity contribution in [3.63, 3.8) is 0 Å². The number of phenols is 2. The molecule has 0 aliphatic carbocycles. The fourth-order valence-electron chi connectivity index (χ4n) is 1.01.